The highest BCUT2D eigenvalue weighted by Crippen LogP contribution is 2.32. The molecule has 1 aliphatic rings. The van der Waals surface area contributed by atoms with Crippen LogP contribution in [-0.2, 0) is 16.4 Å². The van der Waals surface area contributed by atoms with Crippen LogP contribution in [0.3, 0.4) is 0 Å². The normalized spacial score (nSPS) is 16.9. The van der Waals surface area contributed by atoms with Crippen molar-refractivity contribution in [2.75, 3.05) is 18.6 Å². The number of pyridine rings is 1. The van der Waals surface area contributed by atoms with Gasteiger partial charge in [0, 0.05) is 12.1 Å². The lowest BCUT2D eigenvalue weighted by atomic mass is 10.1. The number of rotatable bonds is 6. The van der Waals surface area contributed by atoms with Gasteiger partial charge in [-0.05, 0) is 37.1 Å². The van der Waals surface area contributed by atoms with Crippen molar-refractivity contribution in [3.8, 4) is 17.0 Å². The number of sulfone groups is 1. The average Bonchev–Trinajstić information content (AvgIpc) is 3.39. The molecular formula is C26H26N4O4S. The van der Waals surface area contributed by atoms with Crippen LogP contribution in [0.1, 0.15) is 34.3 Å². The molecule has 2 aromatic heterocycles. The van der Waals surface area contributed by atoms with E-state index in [9.17, 15) is 13.2 Å². The van der Waals surface area contributed by atoms with E-state index in [1.165, 1.54) is 0 Å². The Labute approximate surface area is 203 Å². The molecule has 2 aromatic carbocycles. The van der Waals surface area contributed by atoms with Gasteiger partial charge < -0.3 is 14.6 Å². The largest absolute Gasteiger partial charge is 0.497 e. The van der Waals surface area contributed by atoms with Crippen molar-refractivity contribution in [3.63, 3.8) is 0 Å². The predicted molar refractivity (Wildman–Crippen MR) is 134 cm³/mol. The van der Waals surface area contributed by atoms with Crippen LogP contribution in [0.2, 0.25) is 0 Å². The van der Waals surface area contributed by atoms with Gasteiger partial charge in [-0.3, -0.25) is 4.79 Å². The number of ether oxygens (including phenoxy) is 1. The Morgan fingerprint density at radius 1 is 1.11 bits per heavy atom. The van der Waals surface area contributed by atoms with Gasteiger partial charge in [-0.1, -0.05) is 42.5 Å². The lowest BCUT2D eigenvalue weighted by Gasteiger charge is -2.15. The van der Waals surface area contributed by atoms with E-state index in [0.29, 0.717) is 41.3 Å². The summed E-state index contributed by atoms with van der Waals surface area (Å²) >= 11 is 0. The third-order valence-electron chi connectivity index (χ3n) is 6.30. The minimum atomic E-state index is -3.09. The quantitative estimate of drug-likeness (QED) is 0.442. The SMILES string of the molecule is COc1cccc(CNC(=O)c2nc(-c3ccccc3)cc3c2nc(C)n3C2CCS(=O)(=O)C2)c1. The minimum Gasteiger partial charge on any atom is -0.497 e. The van der Waals surface area contributed by atoms with Crippen molar-refractivity contribution in [2.24, 2.45) is 0 Å². The molecule has 3 heterocycles. The summed E-state index contributed by atoms with van der Waals surface area (Å²) in [6.07, 6.45) is 0.523. The summed E-state index contributed by atoms with van der Waals surface area (Å²) in [6, 6.07) is 18.8. The fourth-order valence-corrected chi connectivity index (χ4v) is 6.31. The second-order valence-corrected chi connectivity index (χ2v) is 10.9. The summed E-state index contributed by atoms with van der Waals surface area (Å²) in [5.41, 5.74) is 3.78. The maximum atomic E-state index is 13.4. The summed E-state index contributed by atoms with van der Waals surface area (Å²) in [5, 5.41) is 2.95. The fourth-order valence-electron chi connectivity index (χ4n) is 4.61. The van der Waals surface area contributed by atoms with Crippen LogP contribution in [0.4, 0.5) is 0 Å². The van der Waals surface area contributed by atoms with Gasteiger partial charge >= 0.3 is 0 Å². The Balaban J connectivity index is 1.58. The molecule has 0 spiro atoms. The number of nitrogens with zero attached hydrogens (tertiary/aromatic N) is 3. The van der Waals surface area contributed by atoms with Gasteiger partial charge in [0.1, 0.15) is 17.1 Å². The summed E-state index contributed by atoms with van der Waals surface area (Å²) in [4.78, 5) is 22.7. The fraction of sp³-hybridized carbons (Fsp3) is 0.269. The van der Waals surface area contributed by atoms with E-state index < -0.39 is 9.84 Å². The van der Waals surface area contributed by atoms with Crippen molar-refractivity contribution < 1.29 is 17.9 Å². The van der Waals surface area contributed by atoms with Crippen molar-refractivity contribution in [1.82, 2.24) is 19.9 Å². The lowest BCUT2D eigenvalue weighted by Crippen LogP contribution is -2.24. The lowest BCUT2D eigenvalue weighted by molar-refractivity contribution is 0.0947. The van der Waals surface area contributed by atoms with E-state index >= 15 is 0 Å². The molecule has 4 aromatic rings. The van der Waals surface area contributed by atoms with Crippen molar-refractivity contribution in [3.05, 3.63) is 77.7 Å². The second-order valence-electron chi connectivity index (χ2n) is 8.71. The Kier molecular flexibility index (Phi) is 6.02. The predicted octanol–water partition coefficient (Wildman–Crippen LogP) is 3.70. The molecule has 0 saturated carbocycles. The molecule has 0 bridgehead atoms. The minimum absolute atomic E-state index is 0.0691. The molecule has 1 unspecified atom stereocenters. The first-order valence-electron chi connectivity index (χ1n) is 11.4. The maximum absolute atomic E-state index is 13.4. The van der Waals surface area contributed by atoms with Gasteiger partial charge in [0.15, 0.2) is 15.5 Å². The van der Waals surface area contributed by atoms with E-state index in [1.54, 1.807) is 7.11 Å². The van der Waals surface area contributed by atoms with Gasteiger partial charge in [-0.2, -0.15) is 0 Å². The molecule has 1 fully saturated rings. The van der Waals surface area contributed by atoms with Gasteiger partial charge in [-0.25, -0.2) is 18.4 Å². The van der Waals surface area contributed by atoms with Crippen LogP contribution in [0.25, 0.3) is 22.3 Å². The Morgan fingerprint density at radius 2 is 1.91 bits per heavy atom. The third kappa shape index (κ3) is 4.64. The molecule has 35 heavy (non-hydrogen) atoms. The number of amides is 1. The van der Waals surface area contributed by atoms with Crippen LogP contribution in [0.5, 0.6) is 5.75 Å². The van der Waals surface area contributed by atoms with Gasteiger partial charge in [0.2, 0.25) is 0 Å². The van der Waals surface area contributed by atoms with E-state index in [1.807, 2.05) is 72.2 Å². The van der Waals surface area contributed by atoms with E-state index in [0.717, 1.165) is 11.1 Å². The average molecular weight is 491 g/mol. The van der Waals surface area contributed by atoms with Crippen molar-refractivity contribution in [2.45, 2.75) is 25.9 Å². The van der Waals surface area contributed by atoms with E-state index in [-0.39, 0.29) is 29.1 Å². The smallest absolute Gasteiger partial charge is 0.272 e. The van der Waals surface area contributed by atoms with Crippen LogP contribution in [0, 0.1) is 6.92 Å². The molecular weight excluding hydrogens is 464 g/mol. The number of fused-ring (bicyclic) bond motifs is 1. The zero-order valence-electron chi connectivity index (χ0n) is 19.6. The number of nitrogens with one attached hydrogen (secondary N) is 1. The Bertz CT molecular complexity index is 1510. The number of aromatic nitrogens is 3. The molecule has 5 rings (SSSR count). The second kappa shape index (κ2) is 9.14. The highest BCUT2D eigenvalue weighted by atomic mass is 32.2. The number of aryl methyl sites for hydroxylation is 1. The number of carbonyl (C=O) groups excluding carboxylic acids is 1. The molecule has 1 saturated heterocycles. The first-order chi connectivity index (χ1) is 16.8. The highest BCUT2D eigenvalue weighted by Gasteiger charge is 2.32. The van der Waals surface area contributed by atoms with Crippen LogP contribution in [0.15, 0.2) is 60.7 Å². The summed E-state index contributed by atoms with van der Waals surface area (Å²) in [6.45, 7) is 2.14. The number of imidazole rings is 1. The third-order valence-corrected chi connectivity index (χ3v) is 8.05. The molecule has 1 atom stereocenters. The summed E-state index contributed by atoms with van der Waals surface area (Å²) in [7, 11) is -1.50. The maximum Gasteiger partial charge on any atom is 0.272 e. The Morgan fingerprint density at radius 3 is 2.63 bits per heavy atom. The van der Waals surface area contributed by atoms with Crippen molar-refractivity contribution in [1.29, 1.82) is 0 Å². The molecule has 1 N–H and O–H groups in total. The number of benzene rings is 2. The van der Waals surface area contributed by atoms with Crippen molar-refractivity contribution >= 4 is 26.8 Å². The molecule has 1 amide bonds. The highest BCUT2D eigenvalue weighted by molar-refractivity contribution is 7.91. The standard InChI is InChI=1S/C26H26N4O4S/c1-17-28-24-23(30(17)20-11-12-35(32,33)16-20)14-22(19-8-4-3-5-9-19)29-25(24)26(31)27-15-18-7-6-10-21(13-18)34-2/h3-10,13-14,20H,11-12,15-16H2,1-2H3,(H,27,31). The number of methoxy groups -OCH3 is 1. The van der Waals surface area contributed by atoms with Crippen LogP contribution >= 0.6 is 0 Å². The van der Waals surface area contributed by atoms with Gasteiger partial charge in [-0.15, -0.1) is 0 Å². The zero-order chi connectivity index (χ0) is 24.6. The molecule has 0 aliphatic carbocycles. The van der Waals surface area contributed by atoms with Crippen LogP contribution in [-0.4, -0.2) is 47.5 Å². The van der Waals surface area contributed by atoms with E-state index in [2.05, 4.69) is 10.3 Å². The molecule has 8 nitrogen and oxygen atoms in total. The number of hydrogen-bond donors (Lipinski definition) is 1. The first-order valence-corrected chi connectivity index (χ1v) is 13.2. The zero-order valence-corrected chi connectivity index (χ0v) is 20.4. The monoisotopic (exact) mass is 490 g/mol. The summed E-state index contributed by atoms with van der Waals surface area (Å²) in [5.74, 6) is 1.25. The number of carbonyl (C=O) groups is 1. The van der Waals surface area contributed by atoms with Gasteiger partial charge in [0.25, 0.3) is 5.91 Å². The molecule has 0 radical (unpaired) electrons. The topological polar surface area (TPSA) is 103 Å². The van der Waals surface area contributed by atoms with E-state index in [4.69, 9.17) is 9.72 Å². The number of hydrogen-bond acceptors (Lipinski definition) is 6. The molecule has 9 heteroatoms. The first kappa shape index (κ1) is 23.0. The summed E-state index contributed by atoms with van der Waals surface area (Å²) < 4.78 is 31.6. The Hall–Kier alpha value is -3.72. The van der Waals surface area contributed by atoms with Gasteiger partial charge in [0.05, 0.1) is 35.9 Å². The molecule has 1 aliphatic heterocycles. The van der Waals surface area contributed by atoms with Crippen LogP contribution < -0.4 is 10.1 Å². The molecule has 180 valence electrons.